The lowest BCUT2D eigenvalue weighted by molar-refractivity contribution is -0.122. The molecule has 0 rings (SSSR count). The summed E-state index contributed by atoms with van der Waals surface area (Å²) in [5, 5.41) is 5.72. The third-order valence-corrected chi connectivity index (χ3v) is 2.41. The van der Waals surface area contributed by atoms with Gasteiger partial charge in [-0.05, 0) is 19.8 Å². The maximum absolute atomic E-state index is 11.3. The Morgan fingerprint density at radius 3 is 2.20 bits per heavy atom. The second-order valence-electron chi connectivity index (χ2n) is 3.99. The predicted molar refractivity (Wildman–Crippen MR) is 63.2 cm³/mol. The zero-order chi connectivity index (χ0) is 12.0. The molecule has 0 aromatic carbocycles. The van der Waals surface area contributed by atoms with Gasteiger partial charge in [-0.25, -0.2) is 0 Å². The molecule has 4 nitrogen and oxygen atoms in total. The number of hydrogen-bond acceptors (Lipinski definition) is 3. The van der Waals surface area contributed by atoms with Crippen LogP contribution in [0.2, 0.25) is 0 Å². The molecule has 2 atom stereocenters. The van der Waals surface area contributed by atoms with Crippen molar-refractivity contribution < 1.29 is 4.79 Å². The molecule has 1 amide bonds. The second-order valence-corrected chi connectivity index (χ2v) is 3.99. The van der Waals surface area contributed by atoms with Crippen LogP contribution in [0.4, 0.5) is 0 Å². The van der Waals surface area contributed by atoms with Crippen molar-refractivity contribution in [2.45, 2.75) is 39.8 Å². The lowest BCUT2D eigenvalue weighted by atomic mass is 10.0. The fraction of sp³-hybridized carbons (Fsp3) is 0.727. The van der Waals surface area contributed by atoms with Crippen molar-refractivity contribution in [2.75, 3.05) is 7.05 Å². The fourth-order valence-electron chi connectivity index (χ4n) is 1.26. The Hall–Kier alpha value is -1.03. The SMILES string of the molecule is C/C=C(\N[C@@H](C)C(=O)NC)[C@@H](N)C(C)C. The van der Waals surface area contributed by atoms with Crippen molar-refractivity contribution >= 4 is 5.91 Å². The number of nitrogens with two attached hydrogens (primary N) is 1. The molecule has 0 saturated carbocycles. The summed E-state index contributed by atoms with van der Waals surface area (Å²) in [6.45, 7) is 7.84. The van der Waals surface area contributed by atoms with Crippen LogP contribution >= 0.6 is 0 Å². The van der Waals surface area contributed by atoms with E-state index in [4.69, 9.17) is 5.73 Å². The van der Waals surface area contributed by atoms with Crippen LogP contribution in [0.3, 0.4) is 0 Å². The van der Waals surface area contributed by atoms with Crippen LogP contribution in [0, 0.1) is 5.92 Å². The van der Waals surface area contributed by atoms with Crippen molar-refractivity contribution in [1.82, 2.24) is 10.6 Å². The first kappa shape index (κ1) is 14.0. The Labute approximate surface area is 92.3 Å². The summed E-state index contributed by atoms with van der Waals surface area (Å²) in [6, 6.07) is -0.312. The van der Waals surface area contributed by atoms with E-state index in [0.29, 0.717) is 5.92 Å². The number of rotatable bonds is 5. The monoisotopic (exact) mass is 213 g/mol. The van der Waals surface area contributed by atoms with E-state index in [1.165, 1.54) is 0 Å². The van der Waals surface area contributed by atoms with Gasteiger partial charge in [0.2, 0.25) is 5.91 Å². The highest BCUT2D eigenvalue weighted by Crippen LogP contribution is 2.07. The molecule has 0 fully saturated rings. The zero-order valence-electron chi connectivity index (χ0n) is 10.3. The summed E-state index contributed by atoms with van der Waals surface area (Å²) >= 11 is 0. The molecular formula is C11H23N3O. The maximum atomic E-state index is 11.3. The van der Waals surface area contributed by atoms with Crippen molar-refractivity contribution in [3.63, 3.8) is 0 Å². The van der Waals surface area contributed by atoms with E-state index in [-0.39, 0.29) is 18.0 Å². The first-order chi connectivity index (χ1) is 6.93. The van der Waals surface area contributed by atoms with E-state index in [2.05, 4.69) is 24.5 Å². The van der Waals surface area contributed by atoms with Gasteiger partial charge in [0.25, 0.3) is 0 Å². The molecule has 4 N–H and O–H groups in total. The molecule has 0 aliphatic heterocycles. The van der Waals surface area contributed by atoms with Crippen LogP contribution in [-0.4, -0.2) is 25.0 Å². The normalized spacial score (nSPS) is 16.1. The molecule has 0 aromatic heterocycles. The number of nitrogens with one attached hydrogen (secondary N) is 2. The Morgan fingerprint density at radius 2 is 1.87 bits per heavy atom. The lowest BCUT2D eigenvalue weighted by Gasteiger charge is -2.24. The van der Waals surface area contributed by atoms with Crippen LogP contribution in [-0.2, 0) is 4.79 Å². The number of likely N-dealkylation sites (N-methyl/N-ethyl adjacent to an activating group) is 1. The standard InChI is InChI=1S/C11H23N3O/c1-6-9(10(12)7(2)3)14-8(4)11(15)13-5/h6-8,10,14H,12H2,1-5H3,(H,13,15)/b9-6-/t8-,10-/m0/s1. The maximum Gasteiger partial charge on any atom is 0.241 e. The number of hydrogen-bond donors (Lipinski definition) is 3. The molecular weight excluding hydrogens is 190 g/mol. The highest BCUT2D eigenvalue weighted by molar-refractivity contribution is 5.81. The third-order valence-electron chi connectivity index (χ3n) is 2.41. The van der Waals surface area contributed by atoms with Crippen LogP contribution in [0.1, 0.15) is 27.7 Å². The molecule has 0 radical (unpaired) electrons. The Morgan fingerprint density at radius 1 is 1.33 bits per heavy atom. The summed E-state index contributed by atoms with van der Waals surface area (Å²) in [7, 11) is 1.62. The van der Waals surface area contributed by atoms with E-state index >= 15 is 0 Å². The minimum atomic E-state index is -0.258. The first-order valence-corrected chi connectivity index (χ1v) is 5.33. The van der Waals surface area contributed by atoms with Crippen LogP contribution < -0.4 is 16.4 Å². The molecule has 15 heavy (non-hydrogen) atoms. The third kappa shape index (κ3) is 4.34. The molecule has 0 aromatic rings. The van der Waals surface area contributed by atoms with Crippen molar-refractivity contribution in [3.05, 3.63) is 11.8 Å². The van der Waals surface area contributed by atoms with Gasteiger partial charge in [-0.15, -0.1) is 0 Å². The van der Waals surface area contributed by atoms with Gasteiger partial charge in [-0.3, -0.25) is 4.79 Å². The Balaban J connectivity index is 4.42. The van der Waals surface area contributed by atoms with E-state index in [1.54, 1.807) is 7.05 Å². The quantitative estimate of drug-likeness (QED) is 0.626. The fourth-order valence-corrected chi connectivity index (χ4v) is 1.26. The first-order valence-electron chi connectivity index (χ1n) is 5.33. The second kappa shape index (κ2) is 6.45. The van der Waals surface area contributed by atoms with Crippen molar-refractivity contribution in [3.8, 4) is 0 Å². The van der Waals surface area contributed by atoms with Gasteiger partial charge < -0.3 is 16.4 Å². The number of carbonyl (C=O) groups is 1. The molecule has 0 aliphatic carbocycles. The van der Waals surface area contributed by atoms with E-state index in [9.17, 15) is 4.79 Å². The van der Waals surface area contributed by atoms with Gasteiger partial charge in [0.15, 0.2) is 0 Å². The van der Waals surface area contributed by atoms with Gasteiger partial charge in [0.05, 0.1) is 0 Å². The highest BCUT2D eigenvalue weighted by atomic mass is 16.2. The molecule has 0 saturated heterocycles. The lowest BCUT2D eigenvalue weighted by Crippen LogP contribution is -2.45. The van der Waals surface area contributed by atoms with Gasteiger partial charge in [0, 0.05) is 18.8 Å². The van der Waals surface area contributed by atoms with Crippen molar-refractivity contribution in [1.29, 1.82) is 0 Å². The summed E-state index contributed by atoms with van der Waals surface area (Å²) in [5.74, 6) is 0.311. The average molecular weight is 213 g/mol. The summed E-state index contributed by atoms with van der Waals surface area (Å²) in [4.78, 5) is 11.3. The summed E-state index contributed by atoms with van der Waals surface area (Å²) in [6.07, 6.45) is 1.92. The number of allylic oxidation sites excluding steroid dienone is 1. The van der Waals surface area contributed by atoms with E-state index in [0.717, 1.165) is 5.70 Å². The minimum Gasteiger partial charge on any atom is -0.376 e. The molecule has 88 valence electrons. The van der Waals surface area contributed by atoms with Gasteiger partial charge in [-0.1, -0.05) is 19.9 Å². The smallest absolute Gasteiger partial charge is 0.241 e. The molecule has 4 heteroatoms. The van der Waals surface area contributed by atoms with Crippen LogP contribution in [0.5, 0.6) is 0 Å². The van der Waals surface area contributed by atoms with Gasteiger partial charge in [0.1, 0.15) is 6.04 Å². The minimum absolute atomic E-state index is 0.0368. The largest absolute Gasteiger partial charge is 0.376 e. The van der Waals surface area contributed by atoms with Crippen molar-refractivity contribution in [2.24, 2.45) is 11.7 Å². The average Bonchev–Trinajstić information content (AvgIpc) is 2.22. The molecule has 0 heterocycles. The number of amides is 1. The van der Waals surface area contributed by atoms with E-state index in [1.807, 2.05) is 19.9 Å². The molecule has 0 spiro atoms. The topological polar surface area (TPSA) is 67.2 Å². The Kier molecular flexibility index (Phi) is 6.01. The highest BCUT2D eigenvalue weighted by Gasteiger charge is 2.17. The zero-order valence-corrected chi connectivity index (χ0v) is 10.3. The molecule has 0 unspecified atom stereocenters. The van der Waals surface area contributed by atoms with E-state index < -0.39 is 0 Å². The number of carbonyl (C=O) groups excluding carboxylic acids is 1. The summed E-state index contributed by atoms with van der Waals surface area (Å²) < 4.78 is 0. The van der Waals surface area contributed by atoms with Gasteiger partial charge in [-0.2, -0.15) is 0 Å². The predicted octanol–water partition coefficient (Wildman–Crippen LogP) is 0.598. The van der Waals surface area contributed by atoms with Crippen LogP contribution in [0.25, 0.3) is 0 Å². The summed E-state index contributed by atoms with van der Waals surface area (Å²) in [5.41, 5.74) is 6.92. The molecule has 0 aliphatic rings. The van der Waals surface area contributed by atoms with Gasteiger partial charge >= 0.3 is 0 Å². The molecule has 0 bridgehead atoms. The van der Waals surface area contributed by atoms with Crippen LogP contribution in [0.15, 0.2) is 11.8 Å². The Bertz CT molecular complexity index is 236.